The van der Waals surface area contributed by atoms with E-state index in [9.17, 15) is 0 Å². The molecule has 0 aromatic heterocycles. The first kappa shape index (κ1) is 15.8. The molecule has 0 heterocycles. The molecule has 0 radical (unpaired) electrons. The van der Waals surface area contributed by atoms with Crippen molar-refractivity contribution < 1.29 is 9.47 Å². The fourth-order valence-electron chi connectivity index (χ4n) is 2.65. The molecule has 1 aromatic carbocycles. The Labute approximate surface area is 131 Å². The number of hydrogen-bond donors (Lipinski definition) is 0. The van der Waals surface area contributed by atoms with Crippen molar-refractivity contribution in [3.8, 4) is 5.75 Å². The molecule has 1 fully saturated rings. The lowest BCUT2D eigenvalue weighted by molar-refractivity contribution is -0.0762. The van der Waals surface area contributed by atoms with E-state index in [0.717, 1.165) is 25.2 Å². The highest BCUT2D eigenvalue weighted by atomic mass is 79.9. The van der Waals surface area contributed by atoms with Crippen LogP contribution in [0.15, 0.2) is 18.2 Å². The minimum atomic E-state index is 0.176. The topological polar surface area (TPSA) is 18.5 Å². The molecule has 3 heteroatoms. The SMILES string of the molecule is CCCOC1C(Br)CC1Oc1ccc(C(C)C)c(C)c1. The van der Waals surface area contributed by atoms with Crippen molar-refractivity contribution in [3.05, 3.63) is 29.3 Å². The Balaban J connectivity index is 1.98. The summed E-state index contributed by atoms with van der Waals surface area (Å²) in [5.74, 6) is 1.52. The van der Waals surface area contributed by atoms with Gasteiger partial charge in [0.2, 0.25) is 0 Å². The van der Waals surface area contributed by atoms with Gasteiger partial charge in [-0.25, -0.2) is 0 Å². The van der Waals surface area contributed by atoms with E-state index in [4.69, 9.17) is 9.47 Å². The van der Waals surface area contributed by atoms with Crippen LogP contribution in [0.5, 0.6) is 5.75 Å². The van der Waals surface area contributed by atoms with Gasteiger partial charge in [-0.15, -0.1) is 0 Å². The summed E-state index contributed by atoms with van der Waals surface area (Å²) in [7, 11) is 0. The zero-order valence-electron chi connectivity index (χ0n) is 12.9. The number of alkyl halides is 1. The highest BCUT2D eigenvalue weighted by molar-refractivity contribution is 9.09. The number of aryl methyl sites for hydroxylation is 1. The van der Waals surface area contributed by atoms with E-state index in [-0.39, 0.29) is 12.2 Å². The normalized spacial score (nSPS) is 25.6. The second-order valence-corrected chi connectivity index (χ2v) is 7.09. The Bertz CT molecular complexity index is 445. The van der Waals surface area contributed by atoms with Crippen LogP contribution in [0.2, 0.25) is 0 Å². The fourth-order valence-corrected chi connectivity index (χ4v) is 3.51. The smallest absolute Gasteiger partial charge is 0.127 e. The quantitative estimate of drug-likeness (QED) is 0.690. The molecule has 2 nitrogen and oxygen atoms in total. The zero-order chi connectivity index (χ0) is 14.7. The number of benzene rings is 1. The maximum atomic E-state index is 6.09. The molecule has 112 valence electrons. The van der Waals surface area contributed by atoms with Gasteiger partial charge in [-0.05, 0) is 42.5 Å². The lowest BCUT2D eigenvalue weighted by atomic mass is 9.91. The summed E-state index contributed by atoms with van der Waals surface area (Å²) in [6.45, 7) is 9.53. The van der Waals surface area contributed by atoms with Crippen molar-refractivity contribution >= 4 is 15.9 Å². The number of halogens is 1. The van der Waals surface area contributed by atoms with Crippen LogP contribution in [0.4, 0.5) is 0 Å². The minimum absolute atomic E-state index is 0.176. The van der Waals surface area contributed by atoms with Gasteiger partial charge < -0.3 is 9.47 Å². The third kappa shape index (κ3) is 3.56. The van der Waals surface area contributed by atoms with Crippen LogP contribution in [-0.4, -0.2) is 23.6 Å². The van der Waals surface area contributed by atoms with Gasteiger partial charge in [-0.3, -0.25) is 0 Å². The van der Waals surface area contributed by atoms with E-state index in [1.807, 2.05) is 0 Å². The third-order valence-electron chi connectivity index (χ3n) is 3.85. The van der Waals surface area contributed by atoms with Crippen LogP contribution < -0.4 is 4.74 Å². The molecule has 0 bridgehead atoms. The molecule has 3 atom stereocenters. The predicted octanol–water partition coefficient (Wildman–Crippen LogP) is 4.83. The molecule has 1 saturated carbocycles. The number of ether oxygens (including phenoxy) is 2. The van der Waals surface area contributed by atoms with Gasteiger partial charge >= 0.3 is 0 Å². The van der Waals surface area contributed by atoms with Crippen LogP contribution in [0, 0.1) is 6.92 Å². The van der Waals surface area contributed by atoms with E-state index in [2.05, 4.69) is 61.8 Å². The molecule has 3 unspecified atom stereocenters. The first-order valence-corrected chi connectivity index (χ1v) is 8.47. The van der Waals surface area contributed by atoms with Crippen molar-refractivity contribution in [2.45, 2.75) is 63.5 Å². The van der Waals surface area contributed by atoms with Crippen LogP contribution in [0.1, 0.15) is 50.7 Å². The van der Waals surface area contributed by atoms with Crippen molar-refractivity contribution in [3.63, 3.8) is 0 Å². The molecule has 0 spiro atoms. The standard InChI is InChI=1S/C17H25BrO2/c1-5-8-19-17-15(18)10-16(17)20-13-6-7-14(11(2)3)12(4)9-13/h6-7,9,11,15-17H,5,8,10H2,1-4H3. The zero-order valence-corrected chi connectivity index (χ0v) is 14.4. The Morgan fingerprint density at radius 3 is 2.65 bits per heavy atom. The summed E-state index contributed by atoms with van der Waals surface area (Å²) in [6, 6.07) is 6.41. The van der Waals surface area contributed by atoms with E-state index in [1.165, 1.54) is 11.1 Å². The summed E-state index contributed by atoms with van der Waals surface area (Å²) in [4.78, 5) is 0.426. The molecular formula is C17H25BrO2. The molecule has 20 heavy (non-hydrogen) atoms. The molecule has 0 saturated heterocycles. The molecule has 1 aliphatic rings. The lowest BCUT2D eigenvalue weighted by Gasteiger charge is -2.41. The second-order valence-electron chi connectivity index (χ2n) is 5.92. The van der Waals surface area contributed by atoms with E-state index < -0.39 is 0 Å². The van der Waals surface area contributed by atoms with E-state index in [0.29, 0.717) is 10.7 Å². The van der Waals surface area contributed by atoms with Crippen molar-refractivity contribution in [1.82, 2.24) is 0 Å². The fraction of sp³-hybridized carbons (Fsp3) is 0.647. The first-order valence-electron chi connectivity index (χ1n) is 7.55. The van der Waals surface area contributed by atoms with Gasteiger partial charge in [0.15, 0.2) is 0 Å². The third-order valence-corrected chi connectivity index (χ3v) is 4.74. The second kappa shape index (κ2) is 6.95. The maximum absolute atomic E-state index is 6.09. The highest BCUT2D eigenvalue weighted by Gasteiger charge is 2.42. The average molecular weight is 341 g/mol. The Morgan fingerprint density at radius 2 is 2.10 bits per heavy atom. The molecular weight excluding hydrogens is 316 g/mol. The summed E-state index contributed by atoms with van der Waals surface area (Å²) in [6.07, 6.45) is 2.42. The van der Waals surface area contributed by atoms with Crippen LogP contribution >= 0.6 is 15.9 Å². The monoisotopic (exact) mass is 340 g/mol. The number of hydrogen-bond acceptors (Lipinski definition) is 2. The summed E-state index contributed by atoms with van der Waals surface area (Å²) in [5, 5.41) is 0. The van der Waals surface area contributed by atoms with Gasteiger partial charge in [0.1, 0.15) is 18.0 Å². The van der Waals surface area contributed by atoms with E-state index >= 15 is 0 Å². The Kier molecular flexibility index (Phi) is 5.50. The van der Waals surface area contributed by atoms with Gasteiger partial charge in [0, 0.05) is 17.9 Å². The molecule has 2 rings (SSSR count). The van der Waals surface area contributed by atoms with Crippen LogP contribution in [0.25, 0.3) is 0 Å². The van der Waals surface area contributed by atoms with Crippen LogP contribution in [0.3, 0.4) is 0 Å². The molecule has 1 aromatic rings. The van der Waals surface area contributed by atoms with Gasteiger partial charge in [-0.1, -0.05) is 42.8 Å². The van der Waals surface area contributed by atoms with Crippen LogP contribution in [-0.2, 0) is 4.74 Å². The summed E-state index contributed by atoms with van der Waals surface area (Å²) < 4.78 is 11.9. The Morgan fingerprint density at radius 1 is 1.35 bits per heavy atom. The van der Waals surface area contributed by atoms with Crippen molar-refractivity contribution in [2.24, 2.45) is 0 Å². The minimum Gasteiger partial charge on any atom is -0.488 e. The van der Waals surface area contributed by atoms with Gasteiger partial charge in [-0.2, -0.15) is 0 Å². The molecule has 0 amide bonds. The predicted molar refractivity (Wildman–Crippen MR) is 87.0 cm³/mol. The largest absolute Gasteiger partial charge is 0.488 e. The highest BCUT2D eigenvalue weighted by Crippen LogP contribution is 2.35. The van der Waals surface area contributed by atoms with Crippen molar-refractivity contribution in [1.29, 1.82) is 0 Å². The molecule has 1 aliphatic carbocycles. The average Bonchev–Trinajstić information content (AvgIpc) is 2.38. The van der Waals surface area contributed by atoms with Gasteiger partial charge in [0.05, 0.1) is 0 Å². The molecule has 0 N–H and O–H groups in total. The van der Waals surface area contributed by atoms with E-state index in [1.54, 1.807) is 0 Å². The van der Waals surface area contributed by atoms with Gasteiger partial charge in [0.25, 0.3) is 0 Å². The Hall–Kier alpha value is -0.540. The lowest BCUT2D eigenvalue weighted by Crippen LogP contribution is -2.52. The number of rotatable bonds is 6. The molecule has 0 aliphatic heterocycles. The maximum Gasteiger partial charge on any atom is 0.127 e. The summed E-state index contributed by atoms with van der Waals surface area (Å²) in [5.41, 5.74) is 2.70. The van der Waals surface area contributed by atoms with Crippen molar-refractivity contribution in [2.75, 3.05) is 6.61 Å². The summed E-state index contributed by atoms with van der Waals surface area (Å²) >= 11 is 3.65. The first-order chi connectivity index (χ1) is 9.52.